The molecule has 0 saturated carbocycles. The first kappa shape index (κ1) is 12.7. The molecular weight excluding hydrogens is 208 g/mol. The molecule has 1 N–H and O–H groups in total. The predicted molar refractivity (Wildman–Crippen MR) is 59.0 cm³/mol. The summed E-state index contributed by atoms with van der Waals surface area (Å²) < 4.78 is 6.47. The molecule has 1 aromatic rings. The summed E-state index contributed by atoms with van der Waals surface area (Å²) in [4.78, 5) is 11.5. The summed E-state index contributed by atoms with van der Waals surface area (Å²) in [6, 6.07) is 1.62. The summed E-state index contributed by atoms with van der Waals surface area (Å²) in [6.45, 7) is 6.23. The van der Waals surface area contributed by atoms with Gasteiger partial charge in [0.1, 0.15) is 5.69 Å². The highest BCUT2D eigenvalue weighted by Crippen LogP contribution is 2.09. The van der Waals surface area contributed by atoms with Crippen molar-refractivity contribution in [2.75, 3.05) is 6.61 Å². The van der Waals surface area contributed by atoms with E-state index < -0.39 is 6.10 Å². The number of rotatable bonds is 5. The fourth-order valence-electron chi connectivity index (χ4n) is 1.28. The number of hydrogen-bond donors (Lipinski definition) is 1. The van der Waals surface area contributed by atoms with Crippen LogP contribution in [0.4, 0.5) is 0 Å². The SMILES string of the molecule is CCOC(=O)c1ccnn1C[C@@H](C)[C@H](C)O. The van der Waals surface area contributed by atoms with Gasteiger partial charge in [0.05, 0.1) is 12.7 Å². The molecular formula is C11H18N2O3. The number of carbonyl (C=O) groups excluding carboxylic acids is 1. The van der Waals surface area contributed by atoms with Crippen LogP contribution in [0.5, 0.6) is 0 Å². The fourth-order valence-corrected chi connectivity index (χ4v) is 1.28. The Bertz CT molecular complexity index is 347. The maximum absolute atomic E-state index is 11.5. The van der Waals surface area contributed by atoms with E-state index in [2.05, 4.69) is 5.10 Å². The van der Waals surface area contributed by atoms with Gasteiger partial charge in [-0.15, -0.1) is 0 Å². The molecule has 0 unspecified atom stereocenters. The first-order valence-electron chi connectivity index (χ1n) is 5.43. The van der Waals surface area contributed by atoms with E-state index >= 15 is 0 Å². The van der Waals surface area contributed by atoms with Gasteiger partial charge in [0.2, 0.25) is 0 Å². The maximum atomic E-state index is 11.5. The molecule has 1 heterocycles. The highest BCUT2D eigenvalue weighted by atomic mass is 16.5. The Morgan fingerprint density at radius 1 is 1.62 bits per heavy atom. The van der Waals surface area contributed by atoms with E-state index in [1.54, 1.807) is 30.8 Å². The third-order valence-electron chi connectivity index (χ3n) is 2.49. The van der Waals surface area contributed by atoms with E-state index in [4.69, 9.17) is 4.74 Å². The van der Waals surface area contributed by atoms with Crippen molar-refractivity contribution in [3.8, 4) is 0 Å². The van der Waals surface area contributed by atoms with Gasteiger partial charge in [-0.25, -0.2) is 4.79 Å². The summed E-state index contributed by atoms with van der Waals surface area (Å²) in [5.74, 6) is -0.342. The molecule has 2 atom stereocenters. The van der Waals surface area contributed by atoms with E-state index in [-0.39, 0.29) is 11.9 Å². The zero-order valence-electron chi connectivity index (χ0n) is 9.88. The number of carbonyl (C=O) groups is 1. The van der Waals surface area contributed by atoms with Crippen LogP contribution >= 0.6 is 0 Å². The van der Waals surface area contributed by atoms with E-state index in [1.807, 2.05) is 6.92 Å². The summed E-state index contributed by atoms with van der Waals surface area (Å²) in [5, 5.41) is 13.4. The van der Waals surface area contributed by atoms with E-state index in [9.17, 15) is 9.90 Å². The first-order valence-corrected chi connectivity index (χ1v) is 5.43. The normalized spacial score (nSPS) is 14.5. The molecule has 0 aliphatic rings. The van der Waals surface area contributed by atoms with Crippen molar-refractivity contribution in [2.45, 2.75) is 33.4 Å². The van der Waals surface area contributed by atoms with Crippen molar-refractivity contribution in [1.82, 2.24) is 9.78 Å². The van der Waals surface area contributed by atoms with Gasteiger partial charge >= 0.3 is 5.97 Å². The molecule has 16 heavy (non-hydrogen) atoms. The van der Waals surface area contributed by atoms with Crippen LogP contribution in [0.25, 0.3) is 0 Å². The van der Waals surface area contributed by atoms with E-state index in [0.717, 1.165) is 0 Å². The lowest BCUT2D eigenvalue weighted by Gasteiger charge is -2.15. The Hall–Kier alpha value is -1.36. The number of hydrogen-bond acceptors (Lipinski definition) is 4. The fraction of sp³-hybridized carbons (Fsp3) is 0.636. The molecule has 0 aliphatic carbocycles. The van der Waals surface area contributed by atoms with Crippen molar-refractivity contribution in [2.24, 2.45) is 5.92 Å². The Morgan fingerprint density at radius 3 is 2.88 bits per heavy atom. The largest absolute Gasteiger partial charge is 0.461 e. The molecule has 0 amide bonds. The van der Waals surface area contributed by atoms with Crippen molar-refractivity contribution < 1.29 is 14.6 Å². The van der Waals surface area contributed by atoms with Crippen LogP contribution in [0.2, 0.25) is 0 Å². The number of ether oxygens (including phenoxy) is 1. The molecule has 0 saturated heterocycles. The smallest absolute Gasteiger partial charge is 0.356 e. The van der Waals surface area contributed by atoms with Crippen LogP contribution in [-0.4, -0.2) is 33.6 Å². The standard InChI is InChI=1S/C11H18N2O3/c1-4-16-11(15)10-5-6-12-13(10)7-8(2)9(3)14/h5-6,8-9,14H,4,7H2,1-3H3/t8-,9+/m1/s1. The second kappa shape index (κ2) is 5.65. The lowest BCUT2D eigenvalue weighted by molar-refractivity contribution is 0.0505. The summed E-state index contributed by atoms with van der Waals surface area (Å²) in [7, 11) is 0. The average Bonchev–Trinajstić information content (AvgIpc) is 2.66. The average molecular weight is 226 g/mol. The highest BCUT2D eigenvalue weighted by molar-refractivity contribution is 5.87. The number of esters is 1. The van der Waals surface area contributed by atoms with Gasteiger partial charge < -0.3 is 9.84 Å². The molecule has 5 heteroatoms. The number of aromatic nitrogens is 2. The maximum Gasteiger partial charge on any atom is 0.356 e. The van der Waals surface area contributed by atoms with Crippen LogP contribution in [0.15, 0.2) is 12.3 Å². The molecule has 0 spiro atoms. The van der Waals surface area contributed by atoms with Gasteiger partial charge in [0, 0.05) is 18.7 Å². The number of aliphatic hydroxyl groups excluding tert-OH is 1. The molecule has 1 aromatic heterocycles. The zero-order chi connectivity index (χ0) is 12.1. The minimum absolute atomic E-state index is 0.0353. The molecule has 0 aliphatic heterocycles. The molecule has 0 bridgehead atoms. The minimum Gasteiger partial charge on any atom is -0.461 e. The van der Waals surface area contributed by atoms with Crippen LogP contribution in [0.1, 0.15) is 31.3 Å². The Kier molecular flexibility index (Phi) is 4.49. The quantitative estimate of drug-likeness (QED) is 0.763. The number of aliphatic hydroxyl groups is 1. The van der Waals surface area contributed by atoms with Gasteiger partial charge in [-0.3, -0.25) is 4.68 Å². The molecule has 0 radical (unpaired) electrons. The predicted octanol–water partition coefficient (Wildman–Crippen LogP) is 1.08. The number of nitrogens with zero attached hydrogens (tertiary/aromatic N) is 2. The molecule has 90 valence electrons. The van der Waals surface area contributed by atoms with Crippen LogP contribution in [0.3, 0.4) is 0 Å². The third-order valence-corrected chi connectivity index (χ3v) is 2.49. The van der Waals surface area contributed by atoms with Gasteiger partial charge in [-0.1, -0.05) is 6.92 Å². The molecule has 0 aromatic carbocycles. The summed E-state index contributed by atoms with van der Waals surface area (Å²) in [5.41, 5.74) is 0.425. The molecule has 5 nitrogen and oxygen atoms in total. The Morgan fingerprint density at radius 2 is 2.31 bits per heavy atom. The van der Waals surface area contributed by atoms with Crippen molar-refractivity contribution in [1.29, 1.82) is 0 Å². The Labute approximate surface area is 95.0 Å². The van der Waals surface area contributed by atoms with Crippen LogP contribution in [-0.2, 0) is 11.3 Å². The zero-order valence-corrected chi connectivity index (χ0v) is 9.88. The van der Waals surface area contributed by atoms with Gasteiger partial charge in [0.15, 0.2) is 0 Å². The molecule has 1 rings (SSSR count). The lowest BCUT2D eigenvalue weighted by atomic mass is 10.1. The minimum atomic E-state index is -0.431. The summed E-state index contributed by atoms with van der Waals surface area (Å²) in [6.07, 6.45) is 1.13. The van der Waals surface area contributed by atoms with E-state index in [0.29, 0.717) is 18.8 Å². The van der Waals surface area contributed by atoms with Crippen LogP contribution < -0.4 is 0 Å². The van der Waals surface area contributed by atoms with Crippen molar-refractivity contribution in [3.63, 3.8) is 0 Å². The van der Waals surface area contributed by atoms with Gasteiger partial charge in [-0.2, -0.15) is 5.10 Å². The topological polar surface area (TPSA) is 64.3 Å². The van der Waals surface area contributed by atoms with Gasteiger partial charge in [0.25, 0.3) is 0 Å². The first-order chi connectivity index (χ1) is 7.56. The van der Waals surface area contributed by atoms with Gasteiger partial charge in [-0.05, 0) is 19.9 Å². The Balaban J connectivity index is 2.74. The highest BCUT2D eigenvalue weighted by Gasteiger charge is 2.16. The lowest BCUT2D eigenvalue weighted by Crippen LogP contribution is -2.22. The molecule has 0 fully saturated rings. The van der Waals surface area contributed by atoms with Crippen molar-refractivity contribution in [3.05, 3.63) is 18.0 Å². The monoisotopic (exact) mass is 226 g/mol. The second-order valence-corrected chi connectivity index (χ2v) is 3.84. The van der Waals surface area contributed by atoms with E-state index in [1.165, 1.54) is 0 Å². The summed E-state index contributed by atoms with van der Waals surface area (Å²) >= 11 is 0. The second-order valence-electron chi connectivity index (χ2n) is 3.84. The third kappa shape index (κ3) is 3.06. The van der Waals surface area contributed by atoms with Crippen LogP contribution in [0, 0.1) is 5.92 Å². The van der Waals surface area contributed by atoms with Crippen molar-refractivity contribution >= 4 is 5.97 Å².